The molecule has 1 saturated heterocycles. The summed E-state index contributed by atoms with van der Waals surface area (Å²) in [6.45, 7) is 1.13. The van der Waals surface area contributed by atoms with Crippen LogP contribution < -0.4 is 0 Å². The quantitative estimate of drug-likeness (QED) is 0.254. The van der Waals surface area contributed by atoms with Crippen molar-refractivity contribution in [2.24, 2.45) is 5.92 Å². The Bertz CT molecular complexity index is 1200. The minimum atomic E-state index is -4.99. The van der Waals surface area contributed by atoms with Crippen molar-refractivity contribution in [3.8, 4) is 11.8 Å². The number of benzene rings is 2. The Hall–Kier alpha value is -2.59. The van der Waals surface area contributed by atoms with Crippen molar-refractivity contribution in [2.75, 3.05) is 19.5 Å². The van der Waals surface area contributed by atoms with E-state index in [0.717, 1.165) is 11.8 Å². The van der Waals surface area contributed by atoms with E-state index >= 15 is 0 Å². The van der Waals surface area contributed by atoms with Gasteiger partial charge >= 0.3 is 12.4 Å². The highest BCUT2D eigenvalue weighted by atomic mass is 32.2. The predicted molar refractivity (Wildman–Crippen MR) is 122 cm³/mol. The molecule has 0 amide bonds. The largest absolute Gasteiger partial charge is 0.416 e. The molecule has 3 rings (SSSR count). The summed E-state index contributed by atoms with van der Waals surface area (Å²) < 4.78 is 119. The molecular weight excluding hydrogens is 526 g/mol. The average molecular weight is 551 g/mol. The maximum atomic E-state index is 13.3. The van der Waals surface area contributed by atoms with Crippen molar-refractivity contribution >= 4 is 10.1 Å². The highest BCUT2D eigenvalue weighted by Gasteiger charge is 2.39. The van der Waals surface area contributed by atoms with Gasteiger partial charge in [0.25, 0.3) is 10.1 Å². The minimum absolute atomic E-state index is 0.0598. The van der Waals surface area contributed by atoms with Gasteiger partial charge in [-0.25, -0.2) is 0 Å². The summed E-state index contributed by atoms with van der Waals surface area (Å²) >= 11 is 0. The van der Waals surface area contributed by atoms with Crippen LogP contribution in [0.15, 0.2) is 48.5 Å². The van der Waals surface area contributed by atoms with Crippen LogP contribution in [-0.4, -0.2) is 34.2 Å². The van der Waals surface area contributed by atoms with Gasteiger partial charge in [-0.3, -0.25) is 4.18 Å². The fourth-order valence-electron chi connectivity index (χ4n) is 3.94. The lowest BCUT2D eigenvalue weighted by Crippen LogP contribution is -2.37. The summed E-state index contributed by atoms with van der Waals surface area (Å²) in [5.74, 6) is 4.63. The van der Waals surface area contributed by atoms with Gasteiger partial charge in [-0.15, -0.1) is 0 Å². The zero-order valence-electron chi connectivity index (χ0n) is 19.8. The molecule has 0 bridgehead atoms. The van der Waals surface area contributed by atoms with E-state index in [-0.39, 0.29) is 24.8 Å². The fourth-order valence-corrected chi connectivity index (χ4v) is 4.21. The third-order valence-corrected chi connectivity index (χ3v) is 6.22. The number of hydrogen-bond acceptors (Lipinski definition) is 5. The molecular formula is C25H24F6O5S. The first-order valence-corrected chi connectivity index (χ1v) is 12.9. The highest BCUT2D eigenvalue weighted by Crippen LogP contribution is 2.41. The molecule has 2 aromatic carbocycles. The molecule has 4 atom stereocenters. The van der Waals surface area contributed by atoms with Gasteiger partial charge in [0, 0.05) is 11.8 Å². The molecule has 37 heavy (non-hydrogen) atoms. The number of hydrogen-bond donors (Lipinski definition) is 0. The average Bonchev–Trinajstić information content (AvgIpc) is 2.80. The third-order valence-electron chi connectivity index (χ3n) is 5.67. The van der Waals surface area contributed by atoms with E-state index in [9.17, 15) is 34.8 Å². The highest BCUT2D eigenvalue weighted by molar-refractivity contribution is 7.86. The molecule has 2 unspecified atom stereocenters. The van der Waals surface area contributed by atoms with Crippen LogP contribution >= 0.6 is 0 Å². The number of halogens is 6. The normalized spacial score (nSPS) is 21.7. The second-order valence-corrected chi connectivity index (χ2v) is 10.1. The van der Waals surface area contributed by atoms with Crippen molar-refractivity contribution in [1.82, 2.24) is 0 Å². The summed E-state index contributed by atoms with van der Waals surface area (Å²) in [6.07, 6.45) is -10.9. The minimum Gasteiger partial charge on any atom is -0.352 e. The van der Waals surface area contributed by atoms with Crippen molar-refractivity contribution in [3.63, 3.8) is 0 Å². The van der Waals surface area contributed by atoms with E-state index < -0.39 is 57.8 Å². The van der Waals surface area contributed by atoms with E-state index in [1.807, 2.05) is 0 Å². The first-order valence-electron chi connectivity index (χ1n) is 11.1. The zero-order valence-corrected chi connectivity index (χ0v) is 20.6. The van der Waals surface area contributed by atoms with Gasteiger partial charge in [0.15, 0.2) is 6.29 Å². The monoisotopic (exact) mass is 550 g/mol. The van der Waals surface area contributed by atoms with Crippen LogP contribution in [0.25, 0.3) is 0 Å². The Balaban J connectivity index is 1.92. The molecule has 2 aromatic rings. The lowest BCUT2D eigenvalue weighted by atomic mass is 9.82. The molecule has 1 fully saturated rings. The standard InChI is InChI=1S/C25H24F6O5S/c1-16(19-13-20(24(26,27)28)15-21(14-19)25(29,30)31)36-23-22(17-7-4-3-5-8-17)18(10-12-34-23)9-6-11-35-37(2,32)33/h3-5,7-8,13-16,18,22-23H,10-12H2,1-2H3/t16?,18-,22+,23?/m1/s1. The Morgan fingerprint density at radius 3 is 2.16 bits per heavy atom. The van der Waals surface area contributed by atoms with E-state index in [0.29, 0.717) is 18.6 Å². The summed E-state index contributed by atoms with van der Waals surface area (Å²) in [5.41, 5.74) is -2.46. The molecule has 0 aromatic heterocycles. The first-order chi connectivity index (χ1) is 17.1. The smallest absolute Gasteiger partial charge is 0.352 e. The summed E-state index contributed by atoms with van der Waals surface area (Å²) in [4.78, 5) is 0. The molecule has 5 nitrogen and oxygen atoms in total. The topological polar surface area (TPSA) is 61.8 Å². The molecule has 0 N–H and O–H groups in total. The second kappa shape index (κ2) is 11.4. The van der Waals surface area contributed by atoms with Crippen LogP contribution in [0, 0.1) is 17.8 Å². The van der Waals surface area contributed by atoms with Crippen LogP contribution in [0.5, 0.6) is 0 Å². The van der Waals surface area contributed by atoms with Crippen molar-refractivity contribution in [3.05, 3.63) is 70.8 Å². The maximum Gasteiger partial charge on any atom is 0.416 e. The van der Waals surface area contributed by atoms with Gasteiger partial charge < -0.3 is 9.47 Å². The van der Waals surface area contributed by atoms with Crippen LogP contribution in [-0.2, 0) is 36.1 Å². The molecule has 1 aliphatic rings. The molecule has 0 radical (unpaired) electrons. The van der Waals surface area contributed by atoms with Crippen LogP contribution in [0.4, 0.5) is 26.3 Å². The Labute approximate surface area is 210 Å². The van der Waals surface area contributed by atoms with E-state index in [4.69, 9.17) is 9.47 Å². The predicted octanol–water partition coefficient (Wildman–Crippen LogP) is 5.93. The second-order valence-electron chi connectivity index (χ2n) is 8.48. The van der Waals surface area contributed by atoms with Gasteiger partial charge in [-0.2, -0.15) is 34.8 Å². The summed E-state index contributed by atoms with van der Waals surface area (Å²) in [6, 6.07) is 10.1. The first kappa shape index (κ1) is 29.0. The van der Waals surface area contributed by atoms with E-state index in [2.05, 4.69) is 16.0 Å². The van der Waals surface area contributed by atoms with Gasteiger partial charge in [0.05, 0.1) is 30.1 Å². The number of rotatable bonds is 6. The van der Waals surface area contributed by atoms with Crippen molar-refractivity contribution in [1.29, 1.82) is 0 Å². The Kier molecular flexibility index (Phi) is 8.95. The molecule has 0 spiro atoms. The lowest BCUT2D eigenvalue weighted by molar-refractivity contribution is -0.204. The third kappa shape index (κ3) is 8.20. The Morgan fingerprint density at radius 1 is 1.03 bits per heavy atom. The van der Waals surface area contributed by atoms with Crippen LogP contribution in [0.1, 0.15) is 47.6 Å². The SMILES string of the molecule is CC(OC1OCC[C@@H](C#CCOS(C)(=O)=O)[C@@H]1c1ccccc1)c1cc(C(F)(F)F)cc(C(F)(F)F)c1. The maximum absolute atomic E-state index is 13.3. The molecule has 0 saturated carbocycles. The summed E-state index contributed by atoms with van der Waals surface area (Å²) in [7, 11) is -3.69. The lowest BCUT2D eigenvalue weighted by Gasteiger charge is -2.37. The van der Waals surface area contributed by atoms with Crippen molar-refractivity contribution < 1.29 is 48.4 Å². The van der Waals surface area contributed by atoms with Gasteiger partial charge in [0.2, 0.25) is 0 Å². The molecule has 12 heteroatoms. The number of alkyl halides is 6. The zero-order chi connectivity index (χ0) is 27.4. The molecule has 0 aliphatic carbocycles. The van der Waals surface area contributed by atoms with Crippen molar-refractivity contribution in [2.45, 2.75) is 44.0 Å². The van der Waals surface area contributed by atoms with Gasteiger partial charge in [-0.1, -0.05) is 42.2 Å². The summed E-state index contributed by atoms with van der Waals surface area (Å²) in [5, 5.41) is 0. The van der Waals surface area contributed by atoms with E-state index in [1.165, 1.54) is 6.92 Å². The van der Waals surface area contributed by atoms with Gasteiger partial charge in [0.1, 0.15) is 6.61 Å². The fraction of sp³-hybridized carbons (Fsp3) is 0.440. The number of ether oxygens (including phenoxy) is 2. The molecule has 1 heterocycles. The molecule has 202 valence electrons. The van der Waals surface area contributed by atoms with Crippen LogP contribution in [0.2, 0.25) is 0 Å². The van der Waals surface area contributed by atoms with Crippen LogP contribution in [0.3, 0.4) is 0 Å². The molecule has 1 aliphatic heterocycles. The van der Waals surface area contributed by atoms with E-state index in [1.54, 1.807) is 30.3 Å². The van der Waals surface area contributed by atoms with Gasteiger partial charge in [-0.05, 0) is 42.7 Å². The Morgan fingerprint density at radius 2 is 1.62 bits per heavy atom.